The number of rotatable bonds is 9. The highest BCUT2D eigenvalue weighted by molar-refractivity contribution is 5.66. The smallest absolute Gasteiger partial charge is 0.303 e. The second kappa shape index (κ2) is 8.98. The molecule has 0 aromatic heterocycles. The monoisotopic (exact) mass is 274 g/mol. The molecule has 0 radical (unpaired) electrons. The Kier molecular flexibility index (Phi) is 7.20. The van der Waals surface area contributed by atoms with Crippen molar-refractivity contribution in [3.05, 3.63) is 29.8 Å². The summed E-state index contributed by atoms with van der Waals surface area (Å²) in [5.74, 6) is -0.299. The minimum Gasteiger partial charge on any atom is -0.481 e. The molecule has 108 valence electrons. The first-order valence-electron chi connectivity index (χ1n) is 7.12. The highest BCUT2D eigenvalue weighted by Gasteiger charge is 2.10. The number of para-hydroxylation sites is 1. The average molecular weight is 274 g/mol. The van der Waals surface area contributed by atoms with E-state index < -0.39 is 5.97 Å². The number of carboxylic acid groups (broad SMARTS) is 1. The van der Waals surface area contributed by atoms with Crippen LogP contribution in [0, 0.1) is 17.2 Å². The molecule has 1 aromatic carbocycles. The number of nitrogens with one attached hydrogen (secondary N) is 1. The molecule has 1 atom stereocenters. The molecule has 0 saturated carbocycles. The second-order valence-corrected chi connectivity index (χ2v) is 4.96. The van der Waals surface area contributed by atoms with E-state index in [-0.39, 0.29) is 6.42 Å². The van der Waals surface area contributed by atoms with E-state index in [1.54, 1.807) is 6.07 Å². The molecular weight excluding hydrogens is 252 g/mol. The summed E-state index contributed by atoms with van der Waals surface area (Å²) in [6.07, 6.45) is 4.01. The maximum absolute atomic E-state index is 10.6. The van der Waals surface area contributed by atoms with Crippen molar-refractivity contribution in [3.8, 4) is 6.07 Å². The van der Waals surface area contributed by atoms with E-state index >= 15 is 0 Å². The second-order valence-electron chi connectivity index (χ2n) is 4.96. The molecule has 0 saturated heterocycles. The van der Waals surface area contributed by atoms with Crippen molar-refractivity contribution in [1.29, 1.82) is 5.26 Å². The van der Waals surface area contributed by atoms with Crippen molar-refractivity contribution in [2.75, 3.05) is 11.9 Å². The molecule has 0 aliphatic carbocycles. The van der Waals surface area contributed by atoms with Gasteiger partial charge in [0.2, 0.25) is 0 Å². The fourth-order valence-electron chi connectivity index (χ4n) is 2.31. The zero-order chi connectivity index (χ0) is 14.8. The van der Waals surface area contributed by atoms with Crippen molar-refractivity contribution in [1.82, 2.24) is 0 Å². The summed E-state index contributed by atoms with van der Waals surface area (Å²) >= 11 is 0. The Morgan fingerprint density at radius 2 is 2.10 bits per heavy atom. The molecule has 1 unspecified atom stereocenters. The fourth-order valence-corrected chi connectivity index (χ4v) is 2.31. The molecule has 20 heavy (non-hydrogen) atoms. The fraction of sp³-hybridized carbons (Fsp3) is 0.500. The minimum atomic E-state index is -0.728. The quantitative estimate of drug-likeness (QED) is 0.721. The van der Waals surface area contributed by atoms with E-state index in [4.69, 9.17) is 10.4 Å². The van der Waals surface area contributed by atoms with Gasteiger partial charge in [-0.3, -0.25) is 4.79 Å². The summed E-state index contributed by atoms with van der Waals surface area (Å²) < 4.78 is 0. The third kappa shape index (κ3) is 5.75. The van der Waals surface area contributed by atoms with Crippen molar-refractivity contribution >= 4 is 11.7 Å². The van der Waals surface area contributed by atoms with Gasteiger partial charge in [0, 0.05) is 13.0 Å². The number of nitriles is 1. The molecule has 0 fully saturated rings. The maximum Gasteiger partial charge on any atom is 0.303 e. The zero-order valence-electron chi connectivity index (χ0n) is 11.9. The molecule has 0 heterocycles. The number of anilines is 1. The summed E-state index contributed by atoms with van der Waals surface area (Å²) in [5, 5.41) is 21.0. The number of aliphatic carboxylic acids is 1. The van der Waals surface area contributed by atoms with Crippen molar-refractivity contribution < 1.29 is 9.90 Å². The summed E-state index contributed by atoms with van der Waals surface area (Å²) in [4.78, 5) is 10.6. The number of carboxylic acids is 1. The average Bonchev–Trinajstić information content (AvgIpc) is 2.45. The topological polar surface area (TPSA) is 73.1 Å². The Morgan fingerprint density at radius 3 is 2.75 bits per heavy atom. The molecule has 0 spiro atoms. The lowest BCUT2D eigenvalue weighted by Crippen LogP contribution is -2.11. The lowest BCUT2D eigenvalue weighted by atomic mass is 9.94. The van der Waals surface area contributed by atoms with Crippen LogP contribution in [0.1, 0.15) is 44.6 Å². The van der Waals surface area contributed by atoms with Crippen LogP contribution in [0.5, 0.6) is 0 Å². The molecule has 2 N–H and O–H groups in total. The Bertz CT molecular complexity index is 466. The number of hydrogen-bond donors (Lipinski definition) is 2. The standard InChI is InChI=1S/C16H22N2O2/c1-2-5-13(8-9-16(19)20)10-11-18-15-7-4-3-6-14(15)12-17/h3-4,6-7,13,18H,2,5,8-11H2,1H3,(H,19,20). The zero-order valence-corrected chi connectivity index (χ0v) is 11.9. The minimum absolute atomic E-state index is 0.236. The lowest BCUT2D eigenvalue weighted by molar-refractivity contribution is -0.137. The molecule has 0 aliphatic heterocycles. The first-order valence-corrected chi connectivity index (χ1v) is 7.12. The molecule has 0 aliphatic rings. The van der Waals surface area contributed by atoms with Crippen molar-refractivity contribution in [2.24, 2.45) is 5.92 Å². The Morgan fingerprint density at radius 1 is 1.35 bits per heavy atom. The van der Waals surface area contributed by atoms with E-state index in [9.17, 15) is 4.79 Å². The molecule has 1 aromatic rings. The maximum atomic E-state index is 10.6. The number of hydrogen-bond acceptors (Lipinski definition) is 3. The van der Waals surface area contributed by atoms with E-state index in [2.05, 4.69) is 18.3 Å². The Balaban J connectivity index is 2.43. The molecule has 1 rings (SSSR count). The molecule has 4 nitrogen and oxygen atoms in total. The van der Waals surface area contributed by atoms with Gasteiger partial charge in [-0.1, -0.05) is 31.9 Å². The van der Waals surface area contributed by atoms with Crippen molar-refractivity contribution in [3.63, 3.8) is 0 Å². The highest BCUT2D eigenvalue weighted by atomic mass is 16.4. The van der Waals surface area contributed by atoms with E-state index in [1.165, 1.54) is 0 Å². The van der Waals surface area contributed by atoms with E-state index in [0.29, 0.717) is 11.5 Å². The van der Waals surface area contributed by atoms with Gasteiger partial charge in [-0.15, -0.1) is 0 Å². The van der Waals surface area contributed by atoms with Crippen LogP contribution in [0.3, 0.4) is 0 Å². The van der Waals surface area contributed by atoms with Gasteiger partial charge in [0.05, 0.1) is 11.3 Å². The van der Waals surface area contributed by atoms with E-state index in [0.717, 1.165) is 37.9 Å². The van der Waals surface area contributed by atoms with Crippen LogP contribution in [0.25, 0.3) is 0 Å². The first kappa shape index (κ1) is 16.0. The van der Waals surface area contributed by atoms with Crippen LogP contribution in [-0.2, 0) is 4.79 Å². The Labute approximate surface area is 120 Å². The van der Waals surface area contributed by atoms with Gasteiger partial charge in [-0.2, -0.15) is 5.26 Å². The predicted molar refractivity (Wildman–Crippen MR) is 79.5 cm³/mol. The summed E-state index contributed by atoms with van der Waals surface area (Å²) in [5.41, 5.74) is 1.49. The van der Waals surface area contributed by atoms with Gasteiger partial charge in [0.25, 0.3) is 0 Å². The van der Waals surface area contributed by atoms with Crippen molar-refractivity contribution in [2.45, 2.75) is 39.0 Å². The van der Waals surface area contributed by atoms with Gasteiger partial charge in [0.1, 0.15) is 6.07 Å². The van der Waals surface area contributed by atoms with Gasteiger partial charge < -0.3 is 10.4 Å². The predicted octanol–water partition coefficient (Wildman–Crippen LogP) is 3.64. The third-order valence-corrected chi connectivity index (χ3v) is 3.38. The molecule has 0 amide bonds. The van der Waals surface area contributed by atoms with Crippen LogP contribution in [0.2, 0.25) is 0 Å². The van der Waals surface area contributed by atoms with Crippen LogP contribution in [-0.4, -0.2) is 17.6 Å². The first-order chi connectivity index (χ1) is 9.67. The molecule has 4 heteroatoms. The van der Waals surface area contributed by atoms with Gasteiger partial charge in [-0.05, 0) is 30.9 Å². The molecule has 0 bridgehead atoms. The van der Waals surface area contributed by atoms with E-state index in [1.807, 2.05) is 18.2 Å². The summed E-state index contributed by atoms with van der Waals surface area (Å²) in [6.45, 7) is 2.88. The summed E-state index contributed by atoms with van der Waals surface area (Å²) in [7, 11) is 0. The largest absolute Gasteiger partial charge is 0.481 e. The Hall–Kier alpha value is -2.02. The SMILES string of the molecule is CCCC(CCNc1ccccc1C#N)CCC(=O)O. The van der Waals surface area contributed by atoms with Gasteiger partial charge in [0.15, 0.2) is 0 Å². The number of nitrogens with zero attached hydrogens (tertiary/aromatic N) is 1. The van der Waals surface area contributed by atoms with Gasteiger partial charge >= 0.3 is 5.97 Å². The van der Waals surface area contributed by atoms with Crippen LogP contribution in [0.15, 0.2) is 24.3 Å². The van der Waals surface area contributed by atoms with Crippen LogP contribution >= 0.6 is 0 Å². The summed E-state index contributed by atoms with van der Waals surface area (Å²) in [6, 6.07) is 9.58. The highest BCUT2D eigenvalue weighted by Crippen LogP contribution is 2.19. The molecular formula is C16H22N2O2. The number of carbonyl (C=O) groups is 1. The number of benzene rings is 1. The third-order valence-electron chi connectivity index (χ3n) is 3.38. The van der Waals surface area contributed by atoms with Crippen LogP contribution in [0.4, 0.5) is 5.69 Å². The van der Waals surface area contributed by atoms with Gasteiger partial charge in [-0.25, -0.2) is 0 Å². The lowest BCUT2D eigenvalue weighted by Gasteiger charge is -2.16. The van der Waals surface area contributed by atoms with Crippen LogP contribution < -0.4 is 5.32 Å². The normalized spacial score (nSPS) is 11.6.